The van der Waals surface area contributed by atoms with Crippen LogP contribution in [-0.4, -0.2) is 58.0 Å². The molecule has 3 rings (SSSR count). The Balaban J connectivity index is 1.67. The van der Waals surface area contributed by atoms with Crippen LogP contribution >= 0.6 is 15.9 Å². The summed E-state index contributed by atoms with van der Waals surface area (Å²) < 4.78 is 38.9. The first-order valence-electron chi connectivity index (χ1n) is 9.05. The molecular formula is C20H25BrN2O4S. The van der Waals surface area contributed by atoms with E-state index in [9.17, 15) is 8.42 Å². The van der Waals surface area contributed by atoms with Gasteiger partial charge in [-0.3, -0.25) is 4.90 Å². The fourth-order valence-electron chi connectivity index (χ4n) is 3.28. The van der Waals surface area contributed by atoms with E-state index in [1.54, 1.807) is 30.7 Å². The summed E-state index contributed by atoms with van der Waals surface area (Å²) in [7, 11) is -0.221. The Hall–Kier alpha value is -1.61. The number of hydrogen-bond donors (Lipinski definition) is 0. The van der Waals surface area contributed by atoms with Gasteiger partial charge in [-0.2, -0.15) is 4.31 Å². The number of sulfonamides is 1. The quantitative estimate of drug-likeness (QED) is 0.650. The van der Waals surface area contributed by atoms with Gasteiger partial charge >= 0.3 is 0 Å². The van der Waals surface area contributed by atoms with Gasteiger partial charge in [-0.25, -0.2) is 8.42 Å². The lowest BCUT2D eigenvalue weighted by molar-refractivity contribution is 0.181. The number of piperazine rings is 1. The maximum absolute atomic E-state index is 12.8. The van der Waals surface area contributed by atoms with E-state index in [1.165, 1.54) is 0 Å². The topological polar surface area (TPSA) is 59.1 Å². The fourth-order valence-corrected chi connectivity index (χ4v) is 5.32. The molecular weight excluding hydrogens is 444 g/mol. The van der Waals surface area contributed by atoms with Gasteiger partial charge in [0.15, 0.2) is 11.5 Å². The SMILES string of the molecule is COc1ccc(CN2CCN(S(=O)(=O)c3ccc(C)cc3)CC2)c(Br)c1OC. The number of ether oxygens (including phenoxy) is 2. The Kier molecular flexibility index (Phi) is 6.65. The van der Waals surface area contributed by atoms with Crippen LogP contribution in [0.25, 0.3) is 0 Å². The molecule has 1 heterocycles. The monoisotopic (exact) mass is 468 g/mol. The van der Waals surface area contributed by atoms with E-state index >= 15 is 0 Å². The fraction of sp³-hybridized carbons (Fsp3) is 0.400. The van der Waals surface area contributed by atoms with Gasteiger partial charge in [0.2, 0.25) is 10.0 Å². The Morgan fingerprint density at radius 1 is 0.964 bits per heavy atom. The van der Waals surface area contributed by atoms with Crippen molar-refractivity contribution in [3.63, 3.8) is 0 Å². The Bertz CT molecular complexity index is 924. The molecule has 28 heavy (non-hydrogen) atoms. The summed E-state index contributed by atoms with van der Waals surface area (Å²) in [6, 6.07) is 10.9. The van der Waals surface area contributed by atoms with Crippen LogP contribution in [0.4, 0.5) is 0 Å². The van der Waals surface area contributed by atoms with Crippen LogP contribution in [0.1, 0.15) is 11.1 Å². The molecule has 0 unspecified atom stereocenters. The van der Waals surface area contributed by atoms with Crippen molar-refractivity contribution in [3.8, 4) is 11.5 Å². The summed E-state index contributed by atoms with van der Waals surface area (Å²) in [5.41, 5.74) is 2.12. The first kappa shape index (κ1) is 21.1. The minimum atomic E-state index is -3.44. The minimum Gasteiger partial charge on any atom is -0.493 e. The first-order valence-corrected chi connectivity index (χ1v) is 11.3. The van der Waals surface area contributed by atoms with Gasteiger partial charge in [0.1, 0.15) is 0 Å². The molecule has 2 aromatic carbocycles. The molecule has 0 aromatic heterocycles. The van der Waals surface area contributed by atoms with E-state index in [0.29, 0.717) is 49.1 Å². The average Bonchev–Trinajstić information content (AvgIpc) is 2.70. The third-order valence-corrected chi connectivity index (χ3v) is 7.73. The molecule has 1 fully saturated rings. The summed E-state index contributed by atoms with van der Waals surface area (Å²) in [6.45, 7) is 4.95. The van der Waals surface area contributed by atoms with Gasteiger partial charge in [0.05, 0.1) is 23.6 Å². The molecule has 152 valence electrons. The van der Waals surface area contributed by atoms with Gasteiger partial charge in [-0.05, 0) is 46.6 Å². The van der Waals surface area contributed by atoms with Crippen molar-refractivity contribution in [3.05, 3.63) is 52.0 Å². The molecule has 1 aliphatic rings. The lowest BCUT2D eigenvalue weighted by Gasteiger charge is -2.34. The van der Waals surface area contributed by atoms with Crippen LogP contribution in [0, 0.1) is 6.92 Å². The van der Waals surface area contributed by atoms with Gasteiger partial charge in [0.25, 0.3) is 0 Å². The molecule has 2 aromatic rings. The average molecular weight is 469 g/mol. The number of halogens is 1. The Labute approximate surface area is 175 Å². The maximum Gasteiger partial charge on any atom is 0.243 e. The van der Waals surface area contributed by atoms with Crippen molar-refractivity contribution in [2.24, 2.45) is 0 Å². The molecule has 0 N–H and O–H groups in total. The second kappa shape index (κ2) is 8.82. The molecule has 0 spiro atoms. The molecule has 0 saturated carbocycles. The third-order valence-electron chi connectivity index (χ3n) is 4.95. The van der Waals surface area contributed by atoms with E-state index in [1.807, 2.05) is 31.2 Å². The second-order valence-corrected chi connectivity index (χ2v) is 9.50. The third kappa shape index (κ3) is 4.35. The highest BCUT2D eigenvalue weighted by atomic mass is 79.9. The lowest BCUT2D eigenvalue weighted by atomic mass is 10.1. The van der Waals surface area contributed by atoms with Crippen molar-refractivity contribution in [2.45, 2.75) is 18.4 Å². The number of hydrogen-bond acceptors (Lipinski definition) is 5. The zero-order chi connectivity index (χ0) is 20.3. The smallest absolute Gasteiger partial charge is 0.243 e. The van der Waals surface area contributed by atoms with E-state index in [2.05, 4.69) is 20.8 Å². The largest absolute Gasteiger partial charge is 0.493 e. The Morgan fingerprint density at radius 3 is 2.18 bits per heavy atom. The maximum atomic E-state index is 12.8. The molecule has 0 amide bonds. The van der Waals surface area contributed by atoms with Crippen molar-refractivity contribution < 1.29 is 17.9 Å². The van der Waals surface area contributed by atoms with Crippen LogP contribution in [-0.2, 0) is 16.6 Å². The molecule has 0 bridgehead atoms. The van der Waals surface area contributed by atoms with Crippen LogP contribution in [0.2, 0.25) is 0 Å². The highest BCUT2D eigenvalue weighted by molar-refractivity contribution is 9.10. The number of nitrogens with zero attached hydrogens (tertiary/aromatic N) is 2. The molecule has 6 nitrogen and oxygen atoms in total. The summed E-state index contributed by atoms with van der Waals surface area (Å²) in [5.74, 6) is 1.34. The van der Waals surface area contributed by atoms with Crippen LogP contribution in [0.15, 0.2) is 45.8 Å². The van der Waals surface area contributed by atoms with Crippen LogP contribution in [0.3, 0.4) is 0 Å². The number of rotatable bonds is 6. The molecule has 0 radical (unpaired) electrons. The summed E-state index contributed by atoms with van der Waals surface area (Å²) in [6.07, 6.45) is 0. The van der Waals surface area contributed by atoms with E-state index in [4.69, 9.17) is 9.47 Å². The van der Waals surface area contributed by atoms with Gasteiger partial charge in [-0.1, -0.05) is 23.8 Å². The van der Waals surface area contributed by atoms with Gasteiger partial charge in [-0.15, -0.1) is 0 Å². The molecule has 0 aliphatic carbocycles. The van der Waals surface area contributed by atoms with Crippen LogP contribution in [0.5, 0.6) is 11.5 Å². The first-order chi connectivity index (χ1) is 13.4. The van der Waals surface area contributed by atoms with Crippen molar-refractivity contribution >= 4 is 26.0 Å². The second-order valence-electron chi connectivity index (χ2n) is 6.77. The minimum absolute atomic E-state index is 0.356. The van der Waals surface area contributed by atoms with Gasteiger partial charge in [0, 0.05) is 32.7 Å². The predicted molar refractivity (Wildman–Crippen MR) is 112 cm³/mol. The highest BCUT2D eigenvalue weighted by Gasteiger charge is 2.28. The molecule has 1 saturated heterocycles. The van der Waals surface area contributed by atoms with Crippen molar-refractivity contribution in [1.82, 2.24) is 9.21 Å². The zero-order valence-corrected chi connectivity index (χ0v) is 18.7. The lowest BCUT2D eigenvalue weighted by Crippen LogP contribution is -2.48. The number of benzene rings is 2. The van der Waals surface area contributed by atoms with E-state index in [0.717, 1.165) is 15.6 Å². The summed E-state index contributed by atoms with van der Waals surface area (Å²) in [4.78, 5) is 2.60. The normalized spacial score (nSPS) is 16.1. The highest BCUT2D eigenvalue weighted by Crippen LogP contribution is 2.38. The zero-order valence-electron chi connectivity index (χ0n) is 16.3. The van der Waals surface area contributed by atoms with Crippen LogP contribution < -0.4 is 9.47 Å². The standard InChI is InChI=1S/C20H25BrN2O4S/c1-15-4-7-17(8-5-15)28(24,25)23-12-10-22(11-13-23)14-16-6-9-18(26-2)20(27-3)19(16)21/h4-9H,10-14H2,1-3H3. The van der Waals surface area contributed by atoms with Gasteiger partial charge < -0.3 is 9.47 Å². The molecule has 1 aliphatic heterocycles. The Morgan fingerprint density at radius 2 is 1.61 bits per heavy atom. The van der Waals surface area contributed by atoms with E-state index in [-0.39, 0.29) is 0 Å². The molecule has 8 heteroatoms. The summed E-state index contributed by atoms with van der Waals surface area (Å²) >= 11 is 3.60. The molecule has 0 atom stereocenters. The number of methoxy groups -OCH3 is 2. The van der Waals surface area contributed by atoms with E-state index < -0.39 is 10.0 Å². The number of aryl methyl sites for hydroxylation is 1. The summed E-state index contributed by atoms with van der Waals surface area (Å²) in [5, 5.41) is 0. The van der Waals surface area contributed by atoms with Crippen molar-refractivity contribution in [1.29, 1.82) is 0 Å². The van der Waals surface area contributed by atoms with Crippen molar-refractivity contribution in [2.75, 3.05) is 40.4 Å². The predicted octanol–water partition coefficient (Wildman–Crippen LogP) is 3.28.